The number of halogens is 2. The average molecular weight is 776 g/mol. The molecule has 0 saturated carbocycles. The third-order valence-electron chi connectivity index (χ3n) is 8.19. The van der Waals surface area contributed by atoms with Gasteiger partial charge in [-0.25, -0.2) is 0 Å². The van der Waals surface area contributed by atoms with Gasteiger partial charge in [-0.05, 0) is 120 Å². The molecular weight excluding hydrogens is 728 g/mol. The first-order valence-corrected chi connectivity index (χ1v) is 21.1. The maximum absolute atomic E-state index is 12.3. The van der Waals surface area contributed by atoms with Crippen molar-refractivity contribution < 1.29 is 19.1 Å². The van der Waals surface area contributed by atoms with E-state index < -0.39 is 0 Å². The topological polar surface area (TPSA) is 52.6 Å². The second kappa shape index (κ2) is 24.8. The van der Waals surface area contributed by atoms with Crippen molar-refractivity contribution in [3.05, 3.63) is 142 Å². The minimum Gasteiger partial charge on any atom is -0.493 e. The van der Waals surface area contributed by atoms with Crippen LogP contribution in [0.3, 0.4) is 0 Å². The molecule has 0 aromatic heterocycles. The van der Waals surface area contributed by atoms with Gasteiger partial charge in [0, 0.05) is 32.7 Å². The van der Waals surface area contributed by atoms with Gasteiger partial charge < -0.3 is 9.47 Å². The molecular formula is C44H48Cl2O4S2. The summed E-state index contributed by atoms with van der Waals surface area (Å²) in [5, 5.41) is 1.24. The summed E-state index contributed by atoms with van der Waals surface area (Å²) < 4.78 is 11.8. The largest absolute Gasteiger partial charge is 0.493 e. The number of unbranched alkanes of at least 4 members (excludes halogenated alkanes) is 7. The molecule has 0 N–H and O–H groups in total. The van der Waals surface area contributed by atoms with Gasteiger partial charge in [-0.1, -0.05) is 98.1 Å². The van der Waals surface area contributed by atoms with Crippen LogP contribution in [0.5, 0.6) is 11.5 Å². The Hall–Kier alpha value is -3.42. The summed E-state index contributed by atoms with van der Waals surface area (Å²) in [6.45, 7) is 1.40. The lowest BCUT2D eigenvalue weighted by atomic mass is 10.1. The first-order valence-electron chi connectivity index (χ1n) is 18.0. The van der Waals surface area contributed by atoms with Crippen LogP contribution in [0.4, 0.5) is 0 Å². The van der Waals surface area contributed by atoms with Crippen molar-refractivity contribution in [1.82, 2.24) is 0 Å². The summed E-state index contributed by atoms with van der Waals surface area (Å²) in [6, 6.07) is 29.5. The molecule has 0 fully saturated rings. The number of hydrogen-bond donors (Lipinski definition) is 0. The molecule has 8 heteroatoms. The van der Waals surface area contributed by atoms with Gasteiger partial charge in [-0.3, -0.25) is 9.59 Å². The molecule has 0 bridgehead atoms. The minimum absolute atomic E-state index is 0.0484. The van der Waals surface area contributed by atoms with E-state index >= 15 is 0 Å². The van der Waals surface area contributed by atoms with Gasteiger partial charge in [0.05, 0.1) is 13.2 Å². The van der Waals surface area contributed by atoms with Crippen molar-refractivity contribution in [3.63, 3.8) is 0 Å². The second-order valence-corrected chi connectivity index (χ2v) is 15.6. The summed E-state index contributed by atoms with van der Waals surface area (Å²) in [7, 11) is 0. The van der Waals surface area contributed by atoms with Gasteiger partial charge in [0.25, 0.3) is 0 Å². The highest BCUT2D eigenvalue weighted by Crippen LogP contribution is 2.18. The molecule has 4 rings (SSSR count). The number of allylic oxidation sites excluding steroid dienone is 2. The van der Waals surface area contributed by atoms with Gasteiger partial charge in [0.15, 0.2) is 11.6 Å². The number of rotatable bonds is 25. The van der Waals surface area contributed by atoms with E-state index in [1.54, 1.807) is 60.7 Å². The highest BCUT2D eigenvalue weighted by atomic mass is 35.5. The van der Waals surface area contributed by atoms with Crippen molar-refractivity contribution in [1.29, 1.82) is 0 Å². The molecule has 0 amide bonds. The number of ether oxygens (including phenoxy) is 2. The van der Waals surface area contributed by atoms with Gasteiger partial charge in [0.2, 0.25) is 0 Å². The predicted molar refractivity (Wildman–Crippen MR) is 225 cm³/mol. The number of thioether (sulfide) groups is 2. The fraction of sp³-hybridized carbons (Fsp3) is 0.318. The van der Waals surface area contributed by atoms with Crippen molar-refractivity contribution in [2.45, 2.75) is 51.4 Å². The van der Waals surface area contributed by atoms with Gasteiger partial charge in [-0.2, -0.15) is 23.5 Å². The molecule has 0 aliphatic rings. The number of carbonyl (C=O) groups is 2. The summed E-state index contributed by atoms with van der Waals surface area (Å²) in [4.78, 5) is 24.6. The van der Waals surface area contributed by atoms with Crippen molar-refractivity contribution in [2.75, 3.05) is 36.2 Å². The maximum Gasteiger partial charge on any atom is 0.185 e. The highest BCUT2D eigenvalue weighted by molar-refractivity contribution is 7.99. The van der Waals surface area contributed by atoms with Crippen molar-refractivity contribution in [2.24, 2.45) is 0 Å². The quantitative estimate of drug-likeness (QED) is 0.0380. The Kier molecular flexibility index (Phi) is 19.7. The zero-order valence-corrected chi connectivity index (χ0v) is 32.8. The lowest BCUT2D eigenvalue weighted by molar-refractivity contribution is 0.103. The average Bonchev–Trinajstić information content (AvgIpc) is 3.17. The predicted octanol–water partition coefficient (Wildman–Crippen LogP) is 12.8. The molecule has 0 heterocycles. The van der Waals surface area contributed by atoms with Crippen molar-refractivity contribution >= 4 is 70.4 Å². The molecule has 4 aromatic rings. The van der Waals surface area contributed by atoms with Crippen LogP contribution in [0, 0.1) is 0 Å². The molecule has 0 atom stereocenters. The summed E-state index contributed by atoms with van der Waals surface area (Å²) in [5.41, 5.74) is 3.15. The number of ketones is 2. The highest BCUT2D eigenvalue weighted by Gasteiger charge is 2.03. The summed E-state index contributed by atoms with van der Waals surface area (Å²) in [5.74, 6) is 5.96. The monoisotopic (exact) mass is 774 g/mol. The van der Waals surface area contributed by atoms with E-state index in [1.165, 1.54) is 62.9 Å². The Morgan fingerprint density at radius 1 is 0.462 bits per heavy atom. The number of carbonyl (C=O) groups excluding carboxylic acids is 2. The lowest BCUT2D eigenvalue weighted by Crippen LogP contribution is -2.00. The van der Waals surface area contributed by atoms with Crippen LogP contribution in [-0.2, 0) is 0 Å². The van der Waals surface area contributed by atoms with E-state index in [9.17, 15) is 9.59 Å². The zero-order valence-electron chi connectivity index (χ0n) is 29.7. The van der Waals surface area contributed by atoms with E-state index in [1.807, 2.05) is 84.2 Å². The molecule has 4 aromatic carbocycles. The molecule has 0 aliphatic heterocycles. The maximum atomic E-state index is 12.3. The number of benzene rings is 4. The molecule has 0 saturated heterocycles. The third kappa shape index (κ3) is 16.9. The Morgan fingerprint density at radius 3 is 1.17 bits per heavy atom. The Bertz CT molecular complexity index is 1540. The lowest BCUT2D eigenvalue weighted by Gasteiger charge is -2.07. The second-order valence-electron chi connectivity index (χ2n) is 12.3. The van der Waals surface area contributed by atoms with Crippen LogP contribution >= 0.6 is 46.7 Å². The first-order chi connectivity index (χ1) is 25.5. The molecule has 52 heavy (non-hydrogen) atoms. The van der Waals surface area contributed by atoms with E-state index in [0.29, 0.717) is 34.4 Å². The van der Waals surface area contributed by atoms with Crippen LogP contribution in [0.25, 0.3) is 12.2 Å². The number of hydrogen-bond acceptors (Lipinski definition) is 6. The zero-order chi connectivity index (χ0) is 36.6. The fourth-order valence-corrected chi connectivity index (χ4v) is 7.10. The van der Waals surface area contributed by atoms with Crippen LogP contribution < -0.4 is 9.47 Å². The fourth-order valence-electron chi connectivity index (χ4n) is 5.22. The van der Waals surface area contributed by atoms with Crippen LogP contribution in [0.2, 0.25) is 10.0 Å². The smallest absolute Gasteiger partial charge is 0.185 e. The van der Waals surface area contributed by atoms with Gasteiger partial charge in [0.1, 0.15) is 11.5 Å². The van der Waals surface area contributed by atoms with Crippen LogP contribution in [-0.4, -0.2) is 47.8 Å². The van der Waals surface area contributed by atoms with Crippen LogP contribution in [0.1, 0.15) is 83.2 Å². The van der Waals surface area contributed by atoms with E-state index in [2.05, 4.69) is 0 Å². The molecule has 274 valence electrons. The Balaban J connectivity index is 0.896. The summed E-state index contributed by atoms with van der Waals surface area (Å²) in [6.07, 6.45) is 17.3. The SMILES string of the molecule is O=C(/C=C\c1ccc(OCCSCCCCCCCCCCSCCOc2ccc(/C=C/C(=O)c3ccc(Cl)cc3)cc2)cc1)c1ccc(Cl)cc1. The van der Waals surface area contributed by atoms with E-state index in [-0.39, 0.29) is 11.6 Å². The van der Waals surface area contributed by atoms with E-state index in [0.717, 1.165) is 34.1 Å². The van der Waals surface area contributed by atoms with Gasteiger partial charge in [-0.15, -0.1) is 0 Å². The minimum atomic E-state index is -0.0484. The summed E-state index contributed by atoms with van der Waals surface area (Å²) >= 11 is 15.7. The Labute approximate surface area is 328 Å². The molecule has 0 unspecified atom stereocenters. The first kappa shape index (κ1) is 41.3. The third-order valence-corrected chi connectivity index (χ3v) is 10.8. The normalized spacial score (nSPS) is 11.3. The molecule has 4 nitrogen and oxygen atoms in total. The standard InChI is InChI=1S/C44H48Cl2O4S2/c45-39-19-15-37(16-20-39)43(47)27-13-35-9-23-41(24-10-35)49-29-33-51-31-7-5-3-1-2-4-6-8-32-52-34-30-50-42-25-11-36(12-26-42)14-28-44(48)38-17-21-40(46)22-18-38/h9-28H,1-8,29-34H2/b27-13-,28-14+. The van der Waals surface area contributed by atoms with Crippen molar-refractivity contribution in [3.8, 4) is 11.5 Å². The van der Waals surface area contributed by atoms with E-state index in [4.69, 9.17) is 32.7 Å². The molecule has 0 aliphatic carbocycles. The van der Waals surface area contributed by atoms with Crippen LogP contribution in [0.15, 0.2) is 109 Å². The molecule has 0 spiro atoms. The molecule has 0 radical (unpaired) electrons. The van der Waals surface area contributed by atoms with Gasteiger partial charge >= 0.3 is 0 Å². The Morgan fingerprint density at radius 2 is 0.808 bits per heavy atom.